The first-order valence-corrected chi connectivity index (χ1v) is 6.19. The Bertz CT molecular complexity index is 363. The Kier molecular flexibility index (Phi) is 2.49. The van der Waals surface area contributed by atoms with Crippen molar-refractivity contribution in [2.75, 3.05) is 13.7 Å². The second-order valence-electron chi connectivity index (χ2n) is 5.13. The van der Waals surface area contributed by atoms with Gasteiger partial charge in [0.15, 0.2) is 0 Å². The molecule has 16 heavy (non-hydrogen) atoms. The van der Waals surface area contributed by atoms with Crippen LogP contribution in [0.1, 0.15) is 24.0 Å². The van der Waals surface area contributed by atoms with Gasteiger partial charge in [-0.2, -0.15) is 0 Å². The molecule has 1 aromatic carbocycles. The first-order chi connectivity index (χ1) is 7.81. The fourth-order valence-electron chi connectivity index (χ4n) is 3.18. The molecule has 1 saturated heterocycles. The summed E-state index contributed by atoms with van der Waals surface area (Å²) in [6.45, 7) is 0.902. The molecule has 0 amide bonds. The van der Waals surface area contributed by atoms with Gasteiger partial charge in [-0.05, 0) is 31.0 Å². The first-order valence-electron chi connectivity index (χ1n) is 6.19. The molecule has 1 fully saturated rings. The van der Waals surface area contributed by atoms with Crippen LogP contribution in [0.2, 0.25) is 0 Å². The SMILES string of the molecule is CNC1CCOC2(Cc3ccccc3C2)C1. The average Bonchev–Trinajstić information content (AvgIpc) is 2.66. The van der Waals surface area contributed by atoms with Crippen molar-refractivity contribution in [1.29, 1.82) is 0 Å². The number of nitrogens with one attached hydrogen (secondary N) is 1. The molecule has 0 saturated carbocycles. The van der Waals surface area contributed by atoms with Gasteiger partial charge in [0.05, 0.1) is 5.60 Å². The molecular weight excluding hydrogens is 198 g/mol. The van der Waals surface area contributed by atoms with Gasteiger partial charge in [-0.3, -0.25) is 0 Å². The fraction of sp³-hybridized carbons (Fsp3) is 0.571. The summed E-state index contributed by atoms with van der Waals surface area (Å²) in [4.78, 5) is 0. The zero-order valence-corrected chi connectivity index (χ0v) is 9.83. The zero-order chi connectivity index (χ0) is 11.0. The van der Waals surface area contributed by atoms with Crippen molar-refractivity contribution in [3.05, 3.63) is 35.4 Å². The number of rotatable bonds is 1. The van der Waals surface area contributed by atoms with E-state index in [0.29, 0.717) is 6.04 Å². The molecule has 1 atom stereocenters. The van der Waals surface area contributed by atoms with E-state index in [-0.39, 0.29) is 5.60 Å². The van der Waals surface area contributed by atoms with E-state index >= 15 is 0 Å². The molecule has 86 valence electrons. The fourth-order valence-corrected chi connectivity index (χ4v) is 3.18. The van der Waals surface area contributed by atoms with Crippen molar-refractivity contribution in [2.24, 2.45) is 0 Å². The van der Waals surface area contributed by atoms with Crippen LogP contribution in [-0.2, 0) is 17.6 Å². The molecule has 0 bridgehead atoms. The van der Waals surface area contributed by atoms with Crippen molar-refractivity contribution < 1.29 is 4.74 Å². The van der Waals surface area contributed by atoms with E-state index in [4.69, 9.17) is 4.74 Å². The summed E-state index contributed by atoms with van der Waals surface area (Å²) in [6.07, 6.45) is 4.50. The Morgan fingerprint density at radius 3 is 2.56 bits per heavy atom. The molecule has 1 heterocycles. The van der Waals surface area contributed by atoms with Gasteiger partial charge in [0.2, 0.25) is 0 Å². The highest BCUT2D eigenvalue weighted by Gasteiger charge is 2.41. The quantitative estimate of drug-likeness (QED) is 0.776. The molecule has 1 unspecified atom stereocenters. The van der Waals surface area contributed by atoms with Gasteiger partial charge in [-0.15, -0.1) is 0 Å². The van der Waals surface area contributed by atoms with Gasteiger partial charge in [-0.25, -0.2) is 0 Å². The Labute approximate surface area is 97.0 Å². The summed E-state index contributed by atoms with van der Waals surface area (Å²) < 4.78 is 6.10. The average molecular weight is 217 g/mol. The van der Waals surface area contributed by atoms with Crippen molar-refractivity contribution in [2.45, 2.75) is 37.3 Å². The van der Waals surface area contributed by atoms with Gasteiger partial charge < -0.3 is 10.1 Å². The van der Waals surface area contributed by atoms with Gasteiger partial charge in [0, 0.05) is 25.5 Å². The lowest BCUT2D eigenvalue weighted by molar-refractivity contribution is -0.0805. The van der Waals surface area contributed by atoms with Crippen LogP contribution in [0, 0.1) is 0 Å². The number of hydrogen-bond donors (Lipinski definition) is 1. The van der Waals surface area contributed by atoms with E-state index < -0.39 is 0 Å². The minimum atomic E-state index is 0.0929. The van der Waals surface area contributed by atoms with E-state index in [0.717, 1.165) is 32.3 Å². The van der Waals surface area contributed by atoms with Gasteiger partial charge in [0.25, 0.3) is 0 Å². The number of hydrogen-bond acceptors (Lipinski definition) is 2. The van der Waals surface area contributed by atoms with Gasteiger partial charge >= 0.3 is 0 Å². The van der Waals surface area contributed by atoms with E-state index in [1.54, 1.807) is 0 Å². The van der Waals surface area contributed by atoms with Crippen LogP contribution >= 0.6 is 0 Å². The number of fused-ring (bicyclic) bond motifs is 1. The van der Waals surface area contributed by atoms with E-state index in [9.17, 15) is 0 Å². The Morgan fingerprint density at radius 2 is 1.94 bits per heavy atom. The van der Waals surface area contributed by atoms with Crippen LogP contribution in [0.15, 0.2) is 24.3 Å². The predicted molar refractivity (Wildman–Crippen MR) is 64.6 cm³/mol. The molecule has 1 N–H and O–H groups in total. The maximum atomic E-state index is 6.10. The number of ether oxygens (including phenoxy) is 1. The highest BCUT2D eigenvalue weighted by atomic mass is 16.5. The monoisotopic (exact) mass is 217 g/mol. The van der Waals surface area contributed by atoms with E-state index in [1.165, 1.54) is 11.1 Å². The van der Waals surface area contributed by atoms with E-state index in [2.05, 4.69) is 36.6 Å². The summed E-state index contributed by atoms with van der Waals surface area (Å²) in [7, 11) is 2.06. The third-order valence-electron chi connectivity index (χ3n) is 4.04. The predicted octanol–water partition coefficient (Wildman–Crippen LogP) is 1.92. The van der Waals surface area contributed by atoms with Crippen molar-refractivity contribution in [3.8, 4) is 0 Å². The minimum absolute atomic E-state index is 0.0929. The molecule has 1 spiro atoms. The Morgan fingerprint density at radius 1 is 1.25 bits per heavy atom. The summed E-state index contributed by atoms with van der Waals surface area (Å²) in [5, 5.41) is 3.40. The minimum Gasteiger partial charge on any atom is -0.374 e. The Balaban J connectivity index is 1.83. The molecule has 1 aromatic rings. The van der Waals surface area contributed by atoms with Crippen LogP contribution in [-0.4, -0.2) is 25.3 Å². The second-order valence-corrected chi connectivity index (χ2v) is 5.13. The van der Waals surface area contributed by atoms with Crippen molar-refractivity contribution in [1.82, 2.24) is 5.32 Å². The maximum Gasteiger partial charge on any atom is 0.0777 e. The van der Waals surface area contributed by atoms with Crippen molar-refractivity contribution >= 4 is 0 Å². The van der Waals surface area contributed by atoms with Crippen LogP contribution < -0.4 is 5.32 Å². The van der Waals surface area contributed by atoms with Crippen LogP contribution in [0.5, 0.6) is 0 Å². The molecule has 0 radical (unpaired) electrons. The molecule has 3 rings (SSSR count). The maximum absolute atomic E-state index is 6.10. The lowest BCUT2D eigenvalue weighted by atomic mass is 9.88. The first kappa shape index (κ1) is 10.3. The largest absolute Gasteiger partial charge is 0.374 e. The summed E-state index contributed by atoms with van der Waals surface area (Å²) in [6, 6.07) is 9.39. The molecule has 2 nitrogen and oxygen atoms in total. The standard InChI is InChI=1S/C14H19NO/c1-15-13-6-7-16-14(10-13)8-11-4-2-3-5-12(11)9-14/h2-5,13,15H,6-10H2,1H3. The highest BCUT2D eigenvalue weighted by Crippen LogP contribution is 2.38. The lowest BCUT2D eigenvalue weighted by Crippen LogP contribution is -2.46. The molecule has 2 heteroatoms. The number of benzene rings is 1. The Hall–Kier alpha value is -0.860. The second kappa shape index (κ2) is 3.86. The third-order valence-corrected chi connectivity index (χ3v) is 4.04. The highest BCUT2D eigenvalue weighted by molar-refractivity contribution is 5.35. The van der Waals surface area contributed by atoms with E-state index in [1.807, 2.05) is 0 Å². The van der Waals surface area contributed by atoms with Gasteiger partial charge in [-0.1, -0.05) is 24.3 Å². The molecule has 1 aliphatic heterocycles. The normalized spacial score (nSPS) is 26.9. The lowest BCUT2D eigenvalue weighted by Gasteiger charge is -2.38. The smallest absolute Gasteiger partial charge is 0.0777 e. The van der Waals surface area contributed by atoms with Crippen LogP contribution in [0.4, 0.5) is 0 Å². The van der Waals surface area contributed by atoms with Gasteiger partial charge in [0.1, 0.15) is 0 Å². The zero-order valence-electron chi connectivity index (χ0n) is 9.83. The topological polar surface area (TPSA) is 21.3 Å². The van der Waals surface area contributed by atoms with Crippen molar-refractivity contribution in [3.63, 3.8) is 0 Å². The van der Waals surface area contributed by atoms with Crippen LogP contribution in [0.25, 0.3) is 0 Å². The molecular formula is C14H19NO. The summed E-state index contributed by atoms with van der Waals surface area (Å²) in [5.41, 5.74) is 3.06. The molecule has 1 aliphatic carbocycles. The molecule has 0 aromatic heterocycles. The summed E-state index contributed by atoms with van der Waals surface area (Å²) in [5.74, 6) is 0. The summed E-state index contributed by atoms with van der Waals surface area (Å²) >= 11 is 0. The van der Waals surface area contributed by atoms with Crippen LogP contribution in [0.3, 0.4) is 0 Å². The third kappa shape index (κ3) is 1.66. The molecule has 2 aliphatic rings.